The number of rotatable bonds is 5. The van der Waals surface area contributed by atoms with Gasteiger partial charge < -0.3 is 15.7 Å². The molecule has 0 fully saturated rings. The lowest BCUT2D eigenvalue weighted by Crippen LogP contribution is -2.42. The molecule has 0 saturated heterocycles. The molecule has 0 bridgehead atoms. The molecule has 4 heteroatoms. The van der Waals surface area contributed by atoms with Crippen LogP contribution in [0.5, 0.6) is 0 Å². The maximum absolute atomic E-state index is 12.2. The van der Waals surface area contributed by atoms with Crippen molar-refractivity contribution in [2.24, 2.45) is 0 Å². The largest absolute Gasteiger partial charge is 0.398 e. The fourth-order valence-corrected chi connectivity index (χ4v) is 1.84. The maximum atomic E-state index is 12.2. The van der Waals surface area contributed by atoms with Crippen molar-refractivity contribution in [2.75, 3.05) is 12.3 Å². The van der Waals surface area contributed by atoms with E-state index < -0.39 is 6.10 Å². The van der Waals surface area contributed by atoms with Gasteiger partial charge in [0.1, 0.15) is 0 Å². The molecular weight excluding hydrogens is 228 g/mol. The smallest absolute Gasteiger partial charge is 0.227 e. The molecule has 3 N–H and O–H groups in total. The van der Waals surface area contributed by atoms with Crippen LogP contribution in [-0.4, -0.2) is 34.6 Å². The molecule has 0 spiro atoms. The van der Waals surface area contributed by atoms with E-state index in [1.165, 1.54) is 0 Å². The van der Waals surface area contributed by atoms with Crippen molar-refractivity contribution in [3.05, 3.63) is 29.8 Å². The standard InChI is InChI=1S/C14H22N2O2/c1-10(2)16(9-11(3)17)14(18)8-12-6-4-5-7-13(12)15/h4-7,10-11,17H,8-9,15H2,1-3H3. The fourth-order valence-electron chi connectivity index (χ4n) is 1.84. The van der Waals surface area contributed by atoms with Crippen molar-refractivity contribution in [1.82, 2.24) is 4.90 Å². The van der Waals surface area contributed by atoms with Crippen LogP contribution in [0.4, 0.5) is 5.69 Å². The molecule has 1 aromatic carbocycles. The summed E-state index contributed by atoms with van der Waals surface area (Å²) in [5.74, 6) is -0.0104. The molecule has 0 aliphatic heterocycles. The zero-order chi connectivity index (χ0) is 13.7. The molecule has 0 heterocycles. The zero-order valence-corrected chi connectivity index (χ0v) is 11.3. The average molecular weight is 250 g/mol. The van der Waals surface area contributed by atoms with Gasteiger partial charge in [0.15, 0.2) is 0 Å². The molecule has 0 aromatic heterocycles. The number of para-hydroxylation sites is 1. The highest BCUT2D eigenvalue weighted by Crippen LogP contribution is 2.13. The number of carbonyl (C=O) groups excluding carboxylic acids is 1. The van der Waals surface area contributed by atoms with Gasteiger partial charge in [0.2, 0.25) is 5.91 Å². The number of benzene rings is 1. The number of hydrogen-bond acceptors (Lipinski definition) is 3. The molecule has 0 radical (unpaired) electrons. The van der Waals surface area contributed by atoms with Crippen LogP contribution in [0.1, 0.15) is 26.3 Å². The monoisotopic (exact) mass is 250 g/mol. The summed E-state index contributed by atoms with van der Waals surface area (Å²) in [5, 5.41) is 9.42. The van der Waals surface area contributed by atoms with Gasteiger partial charge in [0, 0.05) is 18.3 Å². The SMILES string of the molecule is CC(O)CN(C(=O)Cc1ccccc1N)C(C)C. The highest BCUT2D eigenvalue weighted by molar-refractivity contribution is 5.80. The van der Waals surface area contributed by atoms with Crippen LogP contribution in [0.3, 0.4) is 0 Å². The van der Waals surface area contributed by atoms with E-state index >= 15 is 0 Å². The number of aliphatic hydroxyl groups is 1. The Hall–Kier alpha value is -1.55. The highest BCUT2D eigenvalue weighted by Gasteiger charge is 2.19. The van der Waals surface area contributed by atoms with Crippen molar-refractivity contribution >= 4 is 11.6 Å². The van der Waals surface area contributed by atoms with Crippen LogP contribution in [0.25, 0.3) is 0 Å². The molecule has 0 aliphatic rings. The fraction of sp³-hybridized carbons (Fsp3) is 0.500. The van der Waals surface area contributed by atoms with Crippen molar-refractivity contribution in [3.8, 4) is 0 Å². The summed E-state index contributed by atoms with van der Waals surface area (Å²) >= 11 is 0. The third-order valence-corrected chi connectivity index (χ3v) is 2.80. The first-order valence-electron chi connectivity index (χ1n) is 6.22. The van der Waals surface area contributed by atoms with E-state index in [9.17, 15) is 9.90 Å². The topological polar surface area (TPSA) is 66.6 Å². The molecule has 1 aromatic rings. The maximum Gasteiger partial charge on any atom is 0.227 e. The Bertz CT molecular complexity index is 403. The molecule has 4 nitrogen and oxygen atoms in total. The number of nitrogens with zero attached hydrogens (tertiary/aromatic N) is 1. The summed E-state index contributed by atoms with van der Waals surface area (Å²) in [6.07, 6.45) is -0.248. The molecule has 1 atom stereocenters. The van der Waals surface area contributed by atoms with E-state index in [-0.39, 0.29) is 18.4 Å². The molecule has 1 amide bonds. The van der Waals surface area contributed by atoms with E-state index in [1.807, 2.05) is 32.0 Å². The minimum Gasteiger partial charge on any atom is -0.398 e. The summed E-state index contributed by atoms with van der Waals surface area (Å²) in [6, 6.07) is 7.43. The number of nitrogen functional groups attached to an aromatic ring is 1. The van der Waals surface area contributed by atoms with Gasteiger partial charge in [-0.1, -0.05) is 18.2 Å². The predicted molar refractivity (Wildman–Crippen MR) is 73.1 cm³/mol. The molecule has 0 aliphatic carbocycles. The zero-order valence-electron chi connectivity index (χ0n) is 11.3. The van der Waals surface area contributed by atoms with Crippen LogP contribution < -0.4 is 5.73 Å². The van der Waals surface area contributed by atoms with Gasteiger partial charge in [-0.15, -0.1) is 0 Å². The van der Waals surface area contributed by atoms with E-state index in [4.69, 9.17) is 5.73 Å². The van der Waals surface area contributed by atoms with Crippen LogP contribution in [0.15, 0.2) is 24.3 Å². The van der Waals surface area contributed by atoms with Gasteiger partial charge in [-0.2, -0.15) is 0 Å². The van der Waals surface area contributed by atoms with Crippen LogP contribution in [0, 0.1) is 0 Å². The third-order valence-electron chi connectivity index (χ3n) is 2.80. The normalized spacial score (nSPS) is 12.5. The lowest BCUT2D eigenvalue weighted by atomic mass is 10.1. The van der Waals surface area contributed by atoms with E-state index in [2.05, 4.69) is 0 Å². The van der Waals surface area contributed by atoms with Gasteiger partial charge >= 0.3 is 0 Å². The Morgan fingerprint density at radius 2 is 1.94 bits per heavy atom. The van der Waals surface area contributed by atoms with Crippen molar-refractivity contribution < 1.29 is 9.90 Å². The van der Waals surface area contributed by atoms with Gasteiger partial charge in [0.25, 0.3) is 0 Å². The number of amides is 1. The Kier molecular flexibility index (Phi) is 5.16. The quantitative estimate of drug-likeness (QED) is 0.777. The summed E-state index contributed by atoms with van der Waals surface area (Å²) in [7, 11) is 0. The van der Waals surface area contributed by atoms with Crippen LogP contribution in [0.2, 0.25) is 0 Å². The highest BCUT2D eigenvalue weighted by atomic mass is 16.3. The molecule has 100 valence electrons. The van der Waals surface area contributed by atoms with Gasteiger partial charge in [-0.05, 0) is 32.4 Å². The van der Waals surface area contributed by atoms with E-state index in [0.717, 1.165) is 5.56 Å². The van der Waals surface area contributed by atoms with Crippen molar-refractivity contribution in [1.29, 1.82) is 0 Å². The van der Waals surface area contributed by atoms with Crippen molar-refractivity contribution in [3.63, 3.8) is 0 Å². The predicted octanol–water partition coefficient (Wildman–Crippen LogP) is 1.43. The van der Waals surface area contributed by atoms with Gasteiger partial charge in [-0.25, -0.2) is 0 Å². The summed E-state index contributed by atoms with van der Waals surface area (Å²) in [6.45, 7) is 5.91. The first kappa shape index (κ1) is 14.5. The number of nitrogens with two attached hydrogens (primary N) is 1. The molecule has 1 rings (SSSR count). The number of carbonyl (C=O) groups is 1. The number of hydrogen-bond donors (Lipinski definition) is 2. The Labute approximate surface area is 108 Å². The molecule has 1 unspecified atom stereocenters. The second-order valence-electron chi connectivity index (χ2n) is 4.86. The first-order valence-corrected chi connectivity index (χ1v) is 6.22. The van der Waals surface area contributed by atoms with E-state index in [1.54, 1.807) is 17.9 Å². The third kappa shape index (κ3) is 4.04. The van der Waals surface area contributed by atoms with Crippen LogP contribution in [-0.2, 0) is 11.2 Å². The second-order valence-corrected chi connectivity index (χ2v) is 4.86. The molecular formula is C14H22N2O2. The number of anilines is 1. The Morgan fingerprint density at radius 3 is 2.44 bits per heavy atom. The molecule has 0 saturated carbocycles. The van der Waals surface area contributed by atoms with Crippen molar-refractivity contribution in [2.45, 2.75) is 39.3 Å². The first-order chi connectivity index (χ1) is 8.41. The minimum absolute atomic E-state index is 0.0104. The Balaban J connectivity index is 2.76. The lowest BCUT2D eigenvalue weighted by molar-refractivity contribution is -0.133. The lowest BCUT2D eigenvalue weighted by Gasteiger charge is -2.28. The summed E-state index contributed by atoms with van der Waals surface area (Å²) in [4.78, 5) is 13.9. The van der Waals surface area contributed by atoms with Gasteiger partial charge in [-0.3, -0.25) is 4.79 Å². The van der Waals surface area contributed by atoms with E-state index in [0.29, 0.717) is 12.2 Å². The summed E-state index contributed by atoms with van der Waals surface area (Å²) < 4.78 is 0. The second kappa shape index (κ2) is 6.40. The Morgan fingerprint density at radius 1 is 1.33 bits per heavy atom. The number of aliphatic hydroxyl groups excluding tert-OH is 1. The minimum atomic E-state index is -0.524. The average Bonchev–Trinajstić information content (AvgIpc) is 2.28. The van der Waals surface area contributed by atoms with Crippen LogP contribution >= 0.6 is 0 Å². The summed E-state index contributed by atoms with van der Waals surface area (Å²) in [5.41, 5.74) is 7.29. The molecule has 18 heavy (non-hydrogen) atoms. The van der Waals surface area contributed by atoms with Gasteiger partial charge in [0.05, 0.1) is 12.5 Å².